The Hall–Kier alpha value is -3.34. The van der Waals surface area contributed by atoms with Crippen molar-refractivity contribution in [3.8, 4) is 11.5 Å². The van der Waals surface area contributed by atoms with Crippen LogP contribution >= 0.6 is 0 Å². The van der Waals surface area contributed by atoms with E-state index in [2.05, 4.69) is 4.98 Å². The summed E-state index contributed by atoms with van der Waals surface area (Å²) in [7, 11) is 0. The van der Waals surface area contributed by atoms with Crippen LogP contribution in [0.1, 0.15) is 15.9 Å². The predicted molar refractivity (Wildman–Crippen MR) is 90.5 cm³/mol. The van der Waals surface area contributed by atoms with E-state index in [4.69, 9.17) is 9.47 Å². The van der Waals surface area contributed by atoms with E-state index in [0.29, 0.717) is 22.6 Å². The van der Waals surface area contributed by atoms with Crippen molar-refractivity contribution in [2.45, 2.75) is 0 Å². The molecule has 4 rings (SSSR count). The Kier molecular flexibility index (Phi) is 3.39. The highest BCUT2D eigenvalue weighted by Gasteiger charge is 2.15. The van der Waals surface area contributed by atoms with Crippen LogP contribution in [0.4, 0.5) is 0 Å². The van der Waals surface area contributed by atoms with Gasteiger partial charge >= 0.3 is 0 Å². The Morgan fingerprint density at radius 3 is 2.79 bits per heavy atom. The first kappa shape index (κ1) is 14.3. The van der Waals surface area contributed by atoms with Crippen LogP contribution in [0.25, 0.3) is 17.0 Å². The third-order valence-electron chi connectivity index (χ3n) is 3.85. The van der Waals surface area contributed by atoms with Gasteiger partial charge in [-0.05, 0) is 47.9 Å². The smallest absolute Gasteiger partial charge is 0.255 e. The number of allylic oxidation sites excluding steroid dienone is 1. The number of hydrogen-bond acceptors (Lipinski definition) is 4. The Labute approximate surface area is 137 Å². The molecule has 0 saturated heterocycles. The van der Waals surface area contributed by atoms with E-state index in [0.717, 1.165) is 10.9 Å². The summed E-state index contributed by atoms with van der Waals surface area (Å²) >= 11 is 0. The van der Waals surface area contributed by atoms with Crippen molar-refractivity contribution >= 4 is 22.8 Å². The maximum atomic E-state index is 12.3. The molecular weight excluding hydrogens is 306 g/mol. The highest BCUT2D eigenvalue weighted by molar-refractivity contribution is 6.07. The first-order chi connectivity index (χ1) is 11.7. The van der Waals surface area contributed by atoms with Crippen LogP contribution in [0.3, 0.4) is 0 Å². The summed E-state index contributed by atoms with van der Waals surface area (Å²) in [5.41, 5.74) is 1.45. The van der Waals surface area contributed by atoms with Crippen molar-refractivity contribution in [3.05, 3.63) is 76.1 Å². The number of aromatic amines is 1. The van der Waals surface area contributed by atoms with Crippen LogP contribution in [0, 0.1) is 0 Å². The monoisotopic (exact) mass is 319 g/mol. The van der Waals surface area contributed by atoms with E-state index in [9.17, 15) is 9.59 Å². The van der Waals surface area contributed by atoms with E-state index in [1.807, 2.05) is 24.3 Å². The maximum absolute atomic E-state index is 12.3. The molecule has 0 fully saturated rings. The molecule has 1 aliphatic rings. The average Bonchev–Trinajstić information content (AvgIpc) is 3.07. The Morgan fingerprint density at radius 2 is 1.88 bits per heavy atom. The normalized spacial score (nSPS) is 12.8. The lowest BCUT2D eigenvalue weighted by molar-refractivity contribution is 0.104. The molecule has 2 aromatic carbocycles. The molecule has 24 heavy (non-hydrogen) atoms. The minimum atomic E-state index is -0.233. The van der Waals surface area contributed by atoms with Gasteiger partial charge in [0.05, 0.1) is 0 Å². The van der Waals surface area contributed by atoms with Gasteiger partial charge in [0, 0.05) is 16.6 Å². The average molecular weight is 319 g/mol. The van der Waals surface area contributed by atoms with E-state index in [1.54, 1.807) is 24.3 Å². The quantitative estimate of drug-likeness (QED) is 0.595. The van der Waals surface area contributed by atoms with E-state index < -0.39 is 0 Å². The van der Waals surface area contributed by atoms with Gasteiger partial charge < -0.3 is 14.5 Å². The zero-order valence-corrected chi connectivity index (χ0v) is 12.6. The molecule has 1 aromatic heterocycles. The number of ether oxygens (including phenoxy) is 2. The summed E-state index contributed by atoms with van der Waals surface area (Å²) in [5.74, 6) is 0.972. The van der Waals surface area contributed by atoms with E-state index in [-0.39, 0.29) is 18.1 Å². The number of pyridine rings is 1. The van der Waals surface area contributed by atoms with Crippen molar-refractivity contribution in [1.82, 2.24) is 4.98 Å². The number of H-pyrrole nitrogens is 1. The SMILES string of the molecule is O=C(/C=C/c1cc2ccccc2[nH]c1=O)c1ccc2c(c1)OCO2. The molecule has 0 saturated carbocycles. The van der Waals surface area contributed by atoms with Crippen LogP contribution in [-0.2, 0) is 0 Å². The Balaban J connectivity index is 1.64. The number of aromatic nitrogens is 1. The lowest BCUT2D eigenvalue weighted by Crippen LogP contribution is -2.09. The first-order valence-electron chi connectivity index (χ1n) is 7.45. The first-order valence-corrected chi connectivity index (χ1v) is 7.45. The maximum Gasteiger partial charge on any atom is 0.255 e. The van der Waals surface area contributed by atoms with Gasteiger partial charge in [-0.2, -0.15) is 0 Å². The summed E-state index contributed by atoms with van der Waals surface area (Å²) < 4.78 is 10.5. The van der Waals surface area contributed by atoms with Gasteiger partial charge in [0.1, 0.15) is 0 Å². The second-order valence-electron chi connectivity index (χ2n) is 5.41. The lowest BCUT2D eigenvalue weighted by Gasteiger charge is -2.00. The van der Waals surface area contributed by atoms with Crippen molar-refractivity contribution in [2.75, 3.05) is 6.79 Å². The molecule has 2 heterocycles. The summed E-state index contributed by atoms with van der Waals surface area (Å²) in [6, 6.07) is 14.3. The number of carbonyl (C=O) groups is 1. The molecule has 0 radical (unpaired) electrons. The summed E-state index contributed by atoms with van der Waals surface area (Å²) in [6.45, 7) is 0.162. The molecular formula is C19H13NO4. The molecule has 1 aliphatic heterocycles. The Morgan fingerprint density at radius 1 is 1.04 bits per heavy atom. The zero-order valence-electron chi connectivity index (χ0n) is 12.6. The topological polar surface area (TPSA) is 68.4 Å². The zero-order chi connectivity index (χ0) is 16.5. The number of hydrogen-bond donors (Lipinski definition) is 1. The molecule has 1 N–H and O–H groups in total. The third-order valence-corrected chi connectivity index (χ3v) is 3.85. The number of ketones is 1. The van der Waals surface area contributed by atoms with Gasteiger partial charge in [0.15, 0.2) is 17.3 Å². The molecule has 0 aliphatic carbocycles. The number of fused-ring (bicyclic) bond motifs is 2. The third kappa shape index (κ3) is 2.56. The second kappa shape index (κ2) is 5.70. The van der Waals surface area contributed by atoms with Gasteiger partial charge in [0.2, 0.25) is 6.79 Å². The number of carbonyl (C=O) groups excluding carboxylic acids is 1. The number of nitrogens with one attached hydrogen (secondary N) is 1. The highest BCUT2D eigenvalue weighted by atomic mass is 16.7. The van der Waals surface area contributed by atoms with Gasteiger partial charge in [-0.3, -0.25) is 9.59 Å². The minimum Gasteiger partial charge on any atom is -0.454 e. The standard InChI is InChI=1S/C19H13NO4/c21-16(13-6-8-17-18(10-13)24-11-23-17)7-5-14-9-12-3-1-2-4-15(12)20-19(14)22/h1-10H,11H2,(H,20,22)/b7-5+. The van der Waals surface area contributed by atoms with Gasteiger partial charge in [-0.25, -0.2) is 0 Å². The van der Waals surface area contributed by atoms with Crippen molar-refractivity contribution in [1.29, 1.82) is 0 Å². The molecule has 0 amide bonds. The molecule has 0 spiro atoms. The fraction of sp³-hybridized carbons (Fsp3) is 0.0526. The predicted octanol–water partition coefficient (Wildman–Crippen LogP) is 3.15. The summed E-state index contributed by atoms with van der Waals surface area (Å²) in [6.07, 6.45) is 2.91. The van der Waals surface area contributed by atoms with Crippen molar-refractivity contribution < 1.29 is 14.3 Å². The number of rotatable bonds is 3. The van der Waals surface area contributed by atoms with E-state index >= 15 is 0 Å². The fourth-order valence-corrected chi connectivity index (χ4v) is 2.60. The van der Waals surface area contributed by atoms with Gasteiger partial charge in [-0.15, -0.1) is 0 Å². The largest absolute Gasteiger partial charge is 0.454 e. The fourth-order valence-electron chi connectivity index (χ4n) is 2.60. The van der Waals surface area contributed by atoms with Crippen LogP contribution in [0.15, 0.2) is 59.4 Å². The van der Waals surface area contributed by atoms with Crippen LogP contribution in [-0.4, -0.2) is 17.6 Å². The van der Waals surface area contributed by atoms with E-state index in [1.165, 1.54) is 12.2 Å². The molecule has 5 heteroatoms. The molecule has 118 valence electrons. The molecule has 5 nitrogen and oxygen atoms in total. The Bertz CT molecular complexity index is 1030. The molecule has 0 atom stereocenters. The van der Waals surface area contributed by atoms with Crippen molar-refractivity contribution in [2.24, 2.45) is 0 Å². The van der Waals surface area contributed by atoms with Gasteiger partial charge in [-0.1, -0.05) is 18.2 Å². The summed E-state index contributed by atoms with van der Waals surface area (Å²) in [4.78, 5) is 27.2. The lowest BCUT2D eigenvalue weighted by atomic mass is 10.1. The van der Waals surface area contributed by atoms with Gasteiger partial charge in [0.25, 0.3) is 5.56 Å². The number of benzene rings is 2. The second-order valence-corrected chi connectivity index (χ2v) is 5.41. The van der Waals surface area contributed by atoms with Crippen molar-refractivity contribution in [3.63, 3.8) is 0 Å². The molecule has 0 unspecified atom stereocenters. The van der Waals surface area contributed by atoms with Crippen LogP contribution < -0.4 is 15.0 Å². The number of para-hydroxylation sites is 1. The molecule has 3 aromatic rings. The highest BCUT2D eigenvalue weighted by Crippen LogP contribution is 2.32. The molecule has 0 bridgehead atoms. The van der Waals surface area contributed by atoms with Crippen LogP contribution in [0.5, 0.6) is 11.5 Å². The van der Waals surface area contributed by atoms with Crippen LogP contribution in [0.2, 0.25) is 0 Å². The summed E-state index contributed by atoms with van der Waals surface area (Å²) in [5, 5.41) is 0.910. The minimum absolute atomic E-state index is 0.162.